The van der Waals surface area contributed by atoms with E-state index in [1.54, 1.807) is 11.3 Å². The van der Waals surface area contributed by atoms with Crippen LogP contribution in [0.5, 0.6) is 0 Å². The molecular weight excluding hydrogens is 234 g/mol. The minimum absolute atomic E-state index is 0.269. The molecule has 1 heterocycles. The van der Waals surface area contributed by atoms with Crippen LogP contribution in [0, 0.1) is 0 Å². The van der Waals surface area contributed by atoms with Gasteiger partial charge < -0.3 is 10.2 Å². The highest BCUT2D eigenvalue weighted by atomic mass is 32.1. The summed E-state index contributed by atoms with van der Waals surface area (Å²) in [5.74, 6) is 0.793. The Kier molecular flexibility index (Phi) is 3.62. The first-order valence-electron chi connectivity index (χ1n) is 5.17. The summed E-state index contributed by atoms with van der Waals surface area (Å²) >= 11 is 4.99. The molecule has 0 aliphatic heterocycles. The van der Waals surface area contributed by atoms with Crippen molar-refractivity contribution in [2.75, 3.05) is 5.43 Å². The maximum absolute atomic E-state index is 5.65. The normalized spacial score (nSPS) is 9.88. The van der Waals surface area contributed by atoms with Gasteiger partial charge in [0.25, 0.3) is 0 Å². The van der Waals surface area contributed by atoms with Gasteiger partial charge in [-0.2, -0.15) is 0 Å². The van der Waals surface area contributed by atoms with Crippen LogP contribution in [-0.4, -0.2) is 10.1 Å². The maximum atomic E-state index is 5.65. The smallest absolute Gasteiger partial charge is 0.185 e. The second kappa shape index (κ2) is 5.36. The molecule has 2 aromatic rings. The zero-order valence-corrected chi connectivity index (χ0v) is 9.98. The molecule has 0 amide bonds. The maximum Gasteiger partial charge on any atom is 0.185 e. The summed E-state index contributed by atoms with van der Waals surface area (Å²) in [5, 5.41) is 1.93. The molecule has 0 unspecified atom stereocenters. The highest BCUT2D eigenvalue weighted by Crippen LogP contribution is 2.10. The summed E-state index contributed by atoms with van der Waals surface area (Å²) in [6.45, 7) is 0.483. The molecule has 0 bridgehead atoms. The molecule has 0 aliphatic carbocycles. The van der Waals surface area contributed by atoms with Crippen molar-refractivity contribution < 1.29 is 4.42 Å². The Morgan fingerprint density at radius 2 is 2.00 bits per heavy atom. The van der Waals surface area contributed by atoms with Crippen LogP contribution in [0.15, 0.2) is 53.1 Å². The number of furan rings is 1. The first kappa shape index (κ1) is 11.5. The molecule has 17 heavy (non-hydrogen) atoms. The van der Waals surface area contributed by atoms with Crippen LogP contribution in [0.1, 0.15) is 5.76 Å². The number of nitrogens with one attached hydrogen (secondary N) is 1. The van der Waals surface area contributed by atoms with Crippen LogP contribution in [0.3, 0.4) is 0 Å². The fraction of sp³-hybridized carbons (Fsp3) is 0.0833. The summed E-state index contributed by atoms with van der Waals surface area (Å²) in [6, 6.07) is 13.4. The van der Waals surface area contributed by atoms with Crippen molar-refractivity contribution in [3.63, 3.8) is 0 Å². The Morgan fingerprint density at radius 1 is 1.24 bits per heavy atom. The summed E-state index contributed by atoms with van der Waals surface area (Å²) < 4.78 is 5.25. The predicted molar refractivity (Wildman–Crippen MR) is 71.1 cm³/mol. The molecule has 2 rings (SSSR count). The number of anilines is 1. The SMILES string of the molecule is NC(=S)N(Cc1ccco1)Nc1ccccc1. The fourth-order valence-electron chi connectivity index (χ4n) is 1.40. The van der Waals surface area contributed by atoms with Crippen molar-refractivity contribution in [2.24, 2.45) is 5.73 Å². The van der Waals surface area contributed by atoms with Crippen LogP contribution in [0.2, 0.25) is 0 Å². The van der Waals surface area contributed by atoms with Crippen LogP contribution in [0.25, 0.3) is 0 Å². The molecule has 0 saturated carbocycles. The number of hydrogen-bond donors (Lipinski definition) is 2. The molecule has 0 aliphatic rings. The first-order valence-corrected chi connectivity index (χ1v) is 5.57. The average molecular weight is 247 g/mol. The number of benzene rings is 1. The van der Waals surface area contributed by atoms with E-state index in [0.717, 1.165) is 11.4 Å². The monoisotopic (exact) mass is 247 g/mol. The third kappa shape index (κ3) is 3.22. The largest absolute Gasteiger partial charge is 0.467 e. The van der Waals surface area contributed by atoms with E-state index in [4.69, 9.17) is 22.4 Å². The van der Waals surface area contributed by atoms with Gasteiger partial charge in [0.2, 0.25) is 0 Å². The summed E-state index contributed by atoms with van der Waals surface area (Å²) in [6.07, 6.45) is 1.62. The third-order valence-electron chi connectivity index (χ3n) is 2.20. The van der Waals surface area contributed by atoms with Crippen LogP contribution in [0.4, 0.5) is 5.69 Å². The second-order valence-corrected chi connectivity index (χ2v) is 3.90. The molecular formula is C12H13N3OS. The van der Waals surface area contributed by atoms with Gasteiger partial charge in [0.1, 0.15) is 5.76 Å². The van der Waals surface area contributed by atoms with E-state index in [2.05, 4.69) is 5.43 Å². The van der Waals surface area contributed by atoms with Gasteiger partial charge in [-0.3, -0.25) is 10.4 Å². The Hall–Kier alpha value is -2.01. The molecule has 3 N–H and O–H groups in total. The van der Waals surface area contributed by atoms with E-state index in [9.17, 15) is 0 Å². The zero-order chi connectivity index (χ0) is 12.1. The van der Waals surface area contributed by atoms with Gasteiger partial charge in [0.15, 0.2) is 5.11 Å². The van der Waals surface area contributed by atoms with E-state index in [1.807, 2.05) is 42.5 Å². The molecule has 0 saturated heterocycles. The number of hydrazine groups is 1. The Labute approximate surface area is 105 Å². The molecule has 0 atom stereocenters. The van der Waals surface area contributed by atoms with Gasteiger partial charge in [-0.05, 0) is 36.5 Å². The Morgan fingerprint density at radius 3 is 2.59 bits per heavy atom. The Bertz CT molecular complexity index is 470. The Balaban J connectivity index is 2.06. The molecule has 1 aromatic heterocycles. The van der Waals surface area contributed by atoms with E-state index >= 15 is 0 Å². The van der Waals surface area contributed by atoms with Crippen molar-refractivity contribution in [3.05, 3.63) is 54.5 Å². The number of nitrogens with two attached hydrogens (primary N) is 1. The molecule has 4 nitrogen and oxygen atoms in total. The van der Waals surface area contributed by atoms with Crippen molar-refractivity contribution in [3.8, 4) is 0 Å². The van der Waals surface area contributed by atoms with Crippen molar-refractivity contribution in [1.29, 1.82) is 0 Å². The lowest BCUT2D eigenvalue weighted by Gasteiger charge is -2.23. The lowest BCUT2D eigenvalue weighted by Crippen LogP contribution is -2.39. The van der Waals surface area contributed by atoms with E-state index < -0.39 is 0 Å². The van der Waals surface area contributed by atoms with Gasteiger partial charge in [0, 0.05) is 0 Å². The van der Waals surface area contributed by atoms with Gasteiger partial charge in [0.05, 0.1) is 18.5 Å². The number of para-hydroxylation sites is 1. The lowest BCUT2D eigenvalue weighted by molar-refractivity contribution is 0.408. The highest BCUT2D eigenvalue weighted by Gasteiger charge is 2.08. The summed E-state index contributed by atoms with van der Waals surface area (Å²) in [5.41, 5.74) is 9.70. The average Bonchev–Trinajstić information content (AvgIpc) is 2.82. The van der Waals surface area contributed by atoms with E-state index in [-0.39, 0.29) is 5.11 Å². The summed E-state index contributed by atoms with van der Waals surface area (Å²) in [7, 11) is 0. The highest BCUT2D eigenvalue weighted by molar-refractivity contribution is 7.80. The molecule has 88 valence electrons. The second-order valence-electron chi connectivity index (χ2n) is 3.48. The third-order valence-corrected chi connectivity index (χ3v) is 2.42. The van der Waals surface area contributed by atoms with Crippen molar-refractivity contribution in [1.82, 2.24) is 5.01 Å². The standard InChI is InChI=1S/C12H13N3OS/c13-12(17)15(9-11-7-4-8-16-11)14-10-5-2-1-3-6-10/h1-8,14H,9H2,(H2,13,17). The first-order chi connectivity index (χ1) is 8.25. The van der Waals surface area contributed by atoms with Crippen molar-refractivity contribution in [2.45, 2.75) is 6.54 Å². The molecule has 1 aromatic carbocycles. The van der Waals surface area contributed by atoms with Crippen LogP contribution >= 0.6 is 12.2 Å². The number of thiocarbonyl (C=S) groups is 1. The lowest BCUT2D eigenvalue weighted by atomic mass is 10.3. The summed E-state index contributed by atoms with van der Waals surface area (Å²) in [4.78, 5) is 0. The quantitative estimate of drug-likeness (QED) is 0.641. The number of nitrogens with zero attached hydrogens (tertiary/aromatic N) is 1. The van der Waals surface area contributed by atoms with Gasteiger partial charge in [-0.1, -0.05) is 18.2 Å². The fourth-order valence-corrected chi connectivity index (χ4v) is 1.51. The molecule has 5 heteroatoms. The van der Waals surface area contributed by atoms with Crippen LogP contribution in [-0.2, 0) is 6.54 Å². The number of hydrogen-bond acceptors (Lipinski definition) is 3. The van der Waals surface area contributed by atoms with E-state index in [1.165, 1.54) is 0 Å². The predicted octanol–water partition coefficient (Wildman–Crippen LogP) is 2.35. The molecule has 0 fully saturated rings. The minimum Gasteiger partial charge on any atom is -0.467 e. The van der Waals surface area contributed by atoms with Gasteiger partial charge in [-0.15, -0.1) is 0 Å². The molecule has 0 radical (unpaired) electrons. The topological polar surface area (TPSA) is 54.4 Å². The molecule has 0 spiro atoms. The number of rotatable bonds is 4. The van der Waals surface area contributed by atoms with Gasteiger partial charge >= 0.3 is 0 Å². The van der Waals surface area contributed by atoms with E-state index in [0.29, 0.717) is 6.54 Å². The zero-order valence-electron chi connectivity index (χ0n) is 9.17. The van der Waals surface area contributed by atoms with Gasteiger partial charge in [-0.25, -0.2) is 0 Å². The van der Waals surface area contributed by atoms with Crippen molar-refractivity contribution >= 4 is 23.0 Å². The minimum atomic E-state index is 0.269. The van der Waals surface area contributed by atoms with Crippen LogP contribution < -0.4 is 11.2 Å².